The third kappa shape index (κ3) is 7.30. The van der Waals surface area contributed by atoms with Gasteiger partial charge in [0.2, 0.25) is 0 Å². The van der Waals surface area contributed by atoms with Crippen LogP contribution in [0, 0.1) is 0 Å². The summed E-state index contributed by atoms with van der Waals surface area (Å²) in [6.07, 6.45) is -0.152. The molecule has 180 valence electrons. The fourth-order valence-corrected chi connectivity index (χ4v) is 3.97. The maximum absolute atomic E-state index is 12.6. The van der Waals surface area contributed by atoms with Crippen molar-refractivity contribution in [1.29, 1.82) is 0 Å². The molecule has 0 saturated carbocycles. The smallest absolute Gasteiger partial charge is 0.251 e. The van der Waals surface area contributed by atoms with Crippen LogP contribution < -0.4 is 10.6 Å². The van der Waals surface area contributed by atoms with E-state index in [0.29, 0.717) is 41.2 Å². The second-order valence-electron chi connectivity index (χ2n) is 9.02. The largest absolute Gasteiger partial charge is 0.508 e. The summed E-state index contributed by atoms with van der Waals surface area (Å²) in [6, 6.07) is 19.6. The van der Waals surface area contributed by atoms with E-state index in [-0.39, 0.29) is 23.8 Å². The summed E-state index contributed by atoms with van der Waals surface area (Å²) in [4.78, 5) is 12.6. The van der Waals surface area contributed by atoms with Gasteiger partial charge >= 0.3 is 0 Å². The lowest BCUT2D eigenvalue weighted by Crippen LogP contribution is -2.43. The highest BCUT2D eigenvalue weighted by molar-refractivity contribution is 6.30. The zero-order chi connectivity index (χ0) is 24.7. The Balaban J connectivity index is 1.57. The van der Waals surface area contributed by atoms with Crippen LogP contribution in [0.3, 0.4) is 0 Å². The van der Waals surface area contributed by atoms with Crippen LogP contribution in [0.4, 0.5) is 0 Å². The first-order chi connectivity index (χ1) is 16.2. The van der Waals surface area contributed by atoms with Crippen LogP contribution in [0.2, 0.25) is 5.02 Å². The molecule has 5 N–H and O–H groups in total. The maximum atomic E-state index is 12.6. The zero-order valence-corrected chi connectivity index (χ0v) is 20.1. The van der Waals surface area contributed by atoms with E-state index in [1.54, 1.807) is 24.3 Å². The standard InChI is InChI=1S/C27H31ClN2O4/c1-27(2,30-16-25(33)20-9-10-24(32)22(13-20)17-31)14-18-5-3-7-21(11-18)26(34)29-15-19-6-4-8-23(28)12-19/h3-13,25,30-33H,14-17H2,1-2H3,(H,29,34)/t25-/m1/s1. The number of halogens is 1. The van der Waals surface area contributed by atoms with Crippen molar-refractivity contribution in [3.05, 3.63) is 99.6 Å². The molecule has 0 unspecified atom stereocenters. The third-order valence-electron chi connectivity index (χ3n) is 5.61. The summed E-state index contributed by atoms with van der Waals surface area (Å²) in [5.74, 6) is -0.154. The van der Waals surface area contributed by atoms with Gasteiger partial charge in [-0.1, -0.05) is 41.9 Å². The Morgan fingerprint density at radius 1 is 1.03 bits per heavy atom. The van der Waals surface area contributed by atoms with Crippen LogP contribution >= 0.6 is 11.6 Å². The molecule has 0 saturated heterocycles. The van der Waals surface area contributed by atoms with Crippen molar-refractivity contribution in [2.24, 2.45) is 0 Å². The first-order valence-corrected chi connectivity index (χ1v) is 11.5. The van der Waals surface area contributed by atoms with E-state index in [1.807, 2.05) is 50.2 Å². The van der Waals surface area contributed by atoms with Gasteiger partial charge in [0.25, 0.3) is 5.91 Å². The molecular formula is C27H31ClN2O4. The Labute approximate surface area is 205 Å². The van der Waals surface area contributed by atoms with Crippen LogP contribution in [-0.2, 0) is 19.6 Å². The van der Waals surface area contributed by atoms with Crippen LogP contribution in [0.5, 0.6) is 5.75 Å². The van der Waals surface area contributed by atoms with Gasteiger partial charge in [0.15, 0.2) is 0 Å². The van der Waals surface area contributed by atoms with E-state index in [4.69, 9.17) is 11.6 Å². The van der Waals surface area contributed by atoms with Crippen LogP contribution in [0.25, 0.3) is 0 Å². The fraction of sp³-hybridized carbons (Fsp3) is 0.296. The number of hydrogen-bond acceptors (Lipinski definition) is 5. The maximum Gasteiger partial charge on any atom is 0.251 e. The van der Waals surface area contributed by atoms with Gasteiger partial charge in [0.1, 0.15) is 5.75 Å². The third-order valence-corrected chi connectivity index (χ3v) is 5.85. The molecule has 0 fully saturated rings. The second kappa shape index (κ2) is 11.5. The van der Waals surface area contributed by atoms with Crippen molar-refractivity contribution in [3.63, 3.8) is 0 Å². The number of nitrogens with one attached hydrogen (secondary N) is 2. The van der Waals surface area contributed by atoms with Crippen molar-refractivity contribution in [2.75, 3.05) is 6.54 Å². The lowest BCUT2D eigenvalue weighted by Gasteiger charge is -2.28. The number of benzene rings is 3. The summed E-state index contributed by atoms with van der Waals surface area (Å²) in [7, 11) is 0. The number of aromatic hydroxyl groups is 1. The Morgan fingerprint density at radius 2 is 1.76 bits per heavy atom. The average Bonchev–Trinajstić information content (AvgIpc) is 2.81. The molecule has 0 spiro atoms. The minimum Gasteiger partial charge on any atom is -0.508 e. The molecule has 0 aromatic heterocycles. The highest BCUT2D eigenvalue weighted by Crippen LogP contribution is 2.23. The number of β-amino-alcohol motifs (C(OH)–C–C–N with tert-alkyl or cyclic N) is 1. The minimum absolute atomic E-state index is 0.00299. The van der Waals surface area contributed by atoms with E-state index < -0.39 is 6.10 Å². The molecule has 6 nitrogen and oxygen atoms in total. The number of hydrogen-bond donors (Lipinski definition) is 5. The van der Waals surface area contributed by atoms with Crippen LogP contribution in [-0.4, -0.2) is 33.3 Å². The SMILES string of the molecule is CC(C)(Cc1cccc(C(=O)NCc2cccc(Cl)c2)c1)NC[C@@H](O)c1ccc(O)c(CO)c1. The van der Waals surface area contributed by atoms with Gasteiger partial charge in [0.05, 0.1) is 12.7 Å². The topological polar surface area (TPSA) is 102 Å². The Kier molecular flexibility index (Phi) is 8.69. The molecule has 0 aliphatic heterocycles. The summed E-state index contributed by atoms with van der Waals surface area (Å²) in [5, 5.41) is 36.5. The molecule has 3 rings (SSSR count). The summed E-state index contributed by atoms with van der Waals surface area (Å²) in [6.45, 7) is 4.45. The first kappa shape index (κ1) is 25.7. The van der Waals surface area contributed by atoms with Crippen molar-refractivity contribution < 1.29 is 20.1 Å². The van der Waals surface area contributed by atoms with Gasteiger partial charge in [-0.25, -0.2) is 0 Å². The summed E-state index contributed by atoms with van der Waals surface area (Å²) >= 11 is 6.00. The number of phenols is 1. The number of amides is 1. The lowest BCUT2D eigenvalue weighted by molar-refractivity contribution is 0.0950. The number of aliphatic hydroxyl groups is 2. The Hall–Kier alpha value is -2.90. The molecule has 0 heterocycles. The molecular weight excluding hydrogens is 452 g/mol. The normalized spacial score (nSPS) is 12.4. The van der Waals surface area contributed by atoms with Gasteiger partial charge in [-0.05, 0) is 73.4 Å². The van der Waals surface area contributed by atoms with Crippen molar-refractivity contribution in [3.8, 4) is 5.75 Å². The molecule has 3 aromatic carbocycles. The first-order valence-electron chi connectivity index (χ1n) is 11.1. The second-order valence-corrected chi connectivity index (χ2v) is 9.45. The summed E-state index contributed by atoms with van der Waals surface area (Å²) < 4.78 is 0. The van der Waals surface area contributed by atoms with Gasteiger partial charge in [-0.15, -0.1) is 0 Å². The highest BCUT2D eigenvalue weighted by Gasteiger charge is 2.21. The minimum atomic E-state index is -0.797. The number of carbonyl (C=O) groups is 1. The van der Waals surface area contributed by atoms with E-state index >= 15 is 0 Å². The zero-order valence-electron chi connectivity index (χ0n) is 19.4. The molecule has 34 heavy (non-hydrogen) atoms. The molecule has 1 amide bonds. The fourth-order valence-electron chi connectivity index (χ4n) is 3.76. The molecule has 0 aliphatic carbocycles. The average molecular weight is 483 g/mol. The highest BCUT2D eigenvalue weighted by atomic mass is 35.5. The van der Waals surface area contributed by atoms with Gasteiger partial charge < -0.3 is 26.0 Å². The van der Waals surface area contributed by atoms with Gasteiger partial charge in [-0.2, -0.15) is 0 Å². The number of rotatable bonds is 10. The molecule has 7 heteroatoms. The van der Waals surface area contributed by atoms with Crippen LogP contribution in [0.1, 0.15) is 52.6 Å². The van der Waals surface area contributed by atoms with Crippen LogP contribution in [0.15, 0.2) is 66.7 Å². The van der Waals surface area contributed by atoms with Crippen molar-refractivity contribution in [1.82, 2.24) is 10.6 Å². The van der Waals surface area contributed by atoms with Crippen molar-refractivity contribution in [2.45, 2.75) is 45.1 Å². The van der Waals surface area contributed by atoms with E-state index in [0.717, 1.165) is 11.1 Å². The number of aliphatic hydroxyl groups excluding tert-OH is 2. The monoisotopic (exact) mass is 482 g/mol. The Morgan fingerprint density at radius 3 is 2.50 bits per heavy atom. The van der Waals surface area contributed by atoms with E-state index in [2.05, 4.69) is 10.6 Å². The molecule has 3 aromatic rings. The van der Waals surface area contributed by atoms with E-state index in [1.165, 1.54) is 6.07 Å². The van der Waals surface area contributed by atoms with E-state index in [9.17, 15) is 20.1 Å². The predicted molar refractivity (Wildman–Crippen MR) is 134 cm³/mol. The Bertz CT molecular complexity index is 1130. The quantitative estimate of drug-likeness (QED) is 0.299. The van der Waals surface area contributed by atoms with Crippen molar-refractivity contribution >= 4 is 17.5 Å². The summed E-state index contributed by atoms with van der Waals surface area (Å²) in [5.41, 5.74) is 3.14. The molecule has 0 aliphatic rings. The molecule has 0 bridgehead atoms. The van der Waals surface area contributed by atoms with Gasteiger partial charge in [0, 0.05) is 34.8 Å². The predicted octanol–water partition coefficient (Wildman–Crippen LogP) is 4.11. The molecule has 0 radical (unpaired) electrons. The lowest BCUT2D eigenvalue weighted by atomic mass is 9.93. The number of carbonyl (C=O) groups excluding carboxylic acids is 1. The van der Waals surface area contributed by atoms with Gasteiger partial charge in [-0.3, -0.25) is 4.79 Å². The molecule has 1 atom stereocenters.